The van der Waals surface area contributed by atoms with Crippen molar-refractivity contribution >= 4 is 0 Å². The number of hydrogen-bond donors (Lipinski definition) is 2. The molecule has 0 spiro atoms. The maximum absolute atomic E-state index is 9.16. The summed E-state index contributed by atoms with van der Waals surface area (Å²) in [6, 6.07) is 18.2. The second-order valence-electron chi connectivity index (χ2n) is 4.76. The van der Waals surface area contributed by atoms with Gasteiger partial charge in [-0.15, -0.1) is 0 Å². The van der Waals surface area contributed by atoms with E-state index in [9.17, 15) is 0 Å². The summed E-state index contributed by atoms with van der Waals surface area (Å²) in [7, 11) is 0. The molecule has 106 valence electrons. The maximum atomic E-state index is 9.16. The minimum atomic E-state index is -0.327. The fourth-order valence-corrected chi connectivity index (χ4v) is 1.99. The summed E-state index contributed by atoms with van der Waals surface area (Å²) < 4.78 is 5.83. The van der Waals surface area contributed by atoms with Gasteiger partial charge in [-0.1, -0.05) is 48.5 Å². The molecular weight excluding hydrogens is 250 g/mol. The highest BCUT2D eigenvalue weighted by Gasteiger charge is 2.04. The van der Waals surface area contributed by atoms with Crippen LogP contribution >= 0.6 is 0 Å². The molecule has 0 saturated heterocycles. The third kappa shape index (κ3) is 4.37. The number of para-hydroxylation sites is 1. The Balaban J connectivity index is 1.95. The molecule has 3 heteroatoms. The van der Waals surface area contributed by atoms with E-state index in [1.54, 1.807) is 6.92 Å². The fourth-order valence-electron chi connectivity index (χ4n) is 1.99. The molecule has 0 fully saturated rings. The lowest BCUT2D eigenvalue weighted by Gasteiger charge is -2.12. The molecule has 2 rings (SSSR count). The summed E-state index contributed by atoms with van der Waals surface area (Å²) in [6.07, 6.45) is -0.327. The van der Waals surface area contributed by atoms with E-state index in [1.165, 1.54) is 0 Å². The Hall–Kier alpha value is -1.84. The Morgan fingerprint density at radius 1 is 1.05 bits per heavy atom. The molecular formula is C17H21NO2. The first kappa shape index (κ1) is 14.6. The molecule has 0 bridgehead atoms. The number of nitrogens with one attached hydrogen (secondary N) is 1. The van der Waals surface area contributed by atoms with Gasteiger partial charge in [0.25, 0.3) is 0 Å². The van der Waals surface area contributed by atoms with Crippen molar-refractivity contribution in [2.24, 2.45) is 0 Å². The molecule has 0 unspecified atom stereocenters. The molecule has 2 N–H and O–H groups in total. The summed E-state index contributed by atoms with van der Waals surface area (Å²) in [6.45, 7) is 3.65. The predicted molar refractivity (Wildman–Crippen MR) is 81.9 cm³/mol. The lowest BCUT2D eigenvalue weighted by atomic mass is 10.1. The fraction of sp³-hybridized carbons (Fsp3) is 0.294. The molecule has 0 saturated carbocycles. The Kier molecular flexibility index (Phi) is 5.59. The number of ether oxygens (including phenoxy) is 1. The van der Waals surface area contributed by atoms with Gasteiger partial charge in [-0.05, 0) is 18.6 Å². The second kappa shape index (κ2) is 7.68. The summed E-state index contributed by atoms with van der Waals surface area (Å²) in [5, 5.41) is 12.3. The van der Waals surface area contributed by atoms with Gasteiger partial charge in [0.1, 0.15) is 12.4 Å². The van der Waals surface area contributed by atoms with Gasteiger partial charge in [0, 0.05) is 18.7 Å². The van der Waals surface area contributed by atoms with Gasteiger partial charge in [0.2, 0.25) is 0 Å². The van der Waals surface area contributed by atoms with Gasteiger partial charge in [0.15, 0.2) is 0 Å². The lowest BCUT2D eigenvalue weighted by molar-refractivity contribution is 0.188. The van der Waals surface area contributed by atoms with E-state index in [-0.39, 0.29) is 6.10 Å². The molecule has 0 radical (unpaired) electrons. The third-order valence-corrected chi connectivity index (χ3v) is 2.95. The number of aliphatic hydroxyl groups is 1. The van der Waals surface area contributed by atoms with Gasteiger partial charge < -0.3 is 15.2 Å². The van der Waals surface area contributed by atoms with Crippen molar-refractivity contribution in [2.45, 2.75) is 13.0 Å². The molecule has 0 aliphatic rings. The zero-order chi connectivity index (χ0) is 14.2. The standard InChI is InChI=1S/C17H21NO2/c1-14(19)13-18-11-12-20-17-10-6-5-9-16(17)15-7-3-2-4-8-15/h2-10,14,18-19H,11-13H2,1H3/t14-/m1/s1. The van der Waals surface area contributed by atoms with Gasteiger partial charge in [-0.2, -0.15) is 0 Å². The van der Waals surface area contributed by atoms with E-state index < -0.39 is 0 Å². The average Bonchev–Trinajstić information content (AvgIpc) is 2.48. The lowest BCUT2D eigenvalue weighted by Crippen LogP contribution is -2.28. The van der Waals surface area contributed by atoms with E-state index in [0.29, 0.717) is 19.7 Å². The Labute approximate surface area is 120 Å². The number of hydrogen-bond acceptors (Lipinski definition) is 3. The molecule has 3 nitrogen and oxygen atoms in total. The first-order valence-corrected chi connectivity index (χ1v) is 6.93. The molecule has 0 heterocycles. The van der Waals surface area contributed by atoms with Crippen LogP contribution in [0.25, 0.3) is 11.1 Å². The van der Waals surface area contributed by atoms with Crippen molar-refractivity contribution in [3.8, 4) is 16.9 Å². The van der Waals surface area contributed by atoms with Gasteiger partial charge >= 0.3 is 0 Å². The smallest absolute Gasteiger partial charge is 0.127 e. The van der Waals surface area contributed by atoms with E-state index in [4.69, 9.17) is 9.84 Å². The van der Waals surface area contributed by atoms with Crippen LogP contribution in [0.3, 0.4) is 0 Å². The summed E-state index contributed by atoms with van der Waals surface area (Å²) in [5.41, 5.74) is 2.25. The Morgan fingerprint density at radius 2 is 1.75 bits per heavy atom. The SMILES string of the molecule is C[C@@H](O)CNCCOc1ccccc1-c1ccccc1. The molecule has 0 aliphatic heterocycles. The summed E-state index contributed by atoms with van der Waals surface area (Å²) in [4.78, 5) is 0. The van der Waals surface area contributed by atoms with Crippen LogP contribution < -0.4 is 10.1 Å². The summed E-state index contributed by atoms with van der Waals surface area (Å²) in [5.74, 6) is 0.887. The van der Waals surface area contributed by atoms with Crippen LogP contribution in [0.2, 0.25) is 0 Å². The van der Waals surface area contributed by atoms with Crippen LogP contribution in [0.5, 0.6) is 5.75 Å². The highest BCUT2D eigenvalue weighted by molar-refractivity contribution is 5.70. The van der Waals surface area contributed by atoms with Gasteiger partial charge in [0.05, 0.1) is 6.10 Å². The third-order valence-electron chi connectivity index (χ3n) is 2.95. The van der Waals surface area contributed by atoms with Crippen molar-refractivity contribution in [3.05, 3.63) is 54.6 Å². The molecule has 20 heavy (non-hydrogen) atoms. The van der Waals surface area contributed by atoms with E-state index in [0.717, 1.165) is 16.9 Å². The predicted octanol–water partition coefficient (Wildman–Crippen LogP) is 2.70. The quantitative estimate of drug-likeness (QED) is 0.761. The van der Waals surface area contributed by atoms with Gasteiger partial charge in [-0.25, -0.2) is 0 Å². The molecule has 0 amide bonds. The normalized spacial score (nSPS) is 12.1. The zero-order valence-corrected chi connectivity index (χ0v) is 11.8. The molecule has 2 aromatic carbocycles. The Bertz CT molecular complexity index is 511. The van der Waals surface area contributed by atoms with E-state index in [2.05, 4.69) is 23.5 Å². The van der Waals surface area contributed by atoms with Crippen LogP contribution in [0, 0.1) is 0 Å². The highest BCUT2D eigenvalue weighted by Crippen LogP contribution is 2.29. The minimum Gasteiger partial charge on any atom is -0.492 e. The number of rotatable bonds is 7. The summed E-state index contributed by atoms with van der Waals surface area (Å²) >= 11 is 0. The van der Waals surface area contributed by atoms with Crippen LogP contribution in [0.15, 0.2) is 54.6 Å². The highest BCUT2D eigenvalue weighted by atomic mass is 16.5. The first-order chi connectivity index (χ1) is 9.77. The largest absolute Gasteiger partial charge is 0.492 e. The minimum absolute atomic E-state index is 0.327. The van der Waals surface area contributed by atoms with Crippen molar-refractivity contribution in [1.82, 2.24) is 5.32 Å². The zero-order valence-electron chi connectivity index (χ0n) is 11.8. The molecule has 0 aromatic heterocycles. The van der Waals surface area contributed by atoms with Crippen LogP contribution in [-0.4, -0.2) is 30.9 Å². The molecule has 1 atom stereocenters. The van der Waals surface area contributed by atoms with Crippen LogP contribution in [0.1, 0.15) is 6.92 Å². The van der Waals surface area contributed by atoms with E-state index in [1.807, 2.05) is 36.4 Å². The maximum Gasteiger partial charge on any atom is 0.127 e. The number of benzene rings is 2. The van der Waals surface area contributed by atoms with E-state index >= 15 is 0 Å². The number of aliphatic hydroxyl groups excluding tert-OH is 1. The van der Waals surface area contributed by atoms with Gasteiger partial charge in [-0.3, -0.25) is 0 Å². The second-order valence-corrected chi connectivity index (χ2v) is 4.76. The van der Waals surface area contributed by atoms with Crippen molar-refractivity contribution < 1.29 is 9.84 Å². The first-order valence-electron chi connectivity index (χ1n) is 6.93. The van der Waals surface area contributed by atoms with Crippen molar-refractivity contribution in [1.29, 1.82) is 0 Å². The van der Waals surface area contributed by atoms with Crippen LogP contribution in [0.4, 0.5) is 0 Å². The van der Waals surface area contributed by atoms with Crippen molar-refractivity contribution in [2.75, 3.05) is 19.7 Å². The molecule has 2 aromatic rings. The Morgan fingerprint density at radius 3 is 2.50 bits per heavy atom. The molecule has 0 aliphatic carbocycles. The van der Waals surface area contributed by atoms with Crippen molar-refractivity contribution in [3.63, 3.8) is 0 Å². The average molecular weight is 271 g/mol. The topological polar surface area (TPSA) is 41.5 Å². The monoisotopic (exact) mass is 271 g/mol. The van der Waals surface area contributed by atoms with Crippen LogP contribution in [-0.2, 0) is 0 Å².